The fourth-order valence-electron chi connectivity index (χ4n) is 7.67. The minimum absolute atomic E-state index is 0.0994. The van der Waals surface area contributed by atoms with Gasteiger partial charge in [-0.05, 0) is 57.3 Å². The fourth-order valence-corrected chi connectivity index (χ4v) is 8.79. The number of nitrogens with zero attached hydrogens (tertiary/aromatic N) is 3. The number of hydrogen-bond donors (Lipinski definition) is 0. The first kappa shape index (κ1) is 25.1. The second kappa shape index (κ2) is 8.87. The standard InChI is InChI=1S/C41H27N3S/c1-41(2)31-18-8-5-15-27(31)36-29(17-11-19-32(36)41)39-42-37-28-16-7-10-21-35(28)45-38(37)40(43-39)44-33-20-9-6-14-26(33)30-22-24-12-3-4-13-25(24)23-34(30)44/h3-23H,1-2H3. The van der Waals surface area contributed by atoms with Crippen LogP contribution in [-0.4, -0.2) is 14.5 Å². The van der Waals surface area contributed by atoms with Crippen molar-refractivity contribution in [1.82, 2.24) is 14.5 Å². The molecule has 0 unspecified atom stereocenters. The second-order valence-electron chi connectivity index (χ2n) is 12.6. The van der Waals surface area contributed by atoms with E-state index in [2.05, 4.69) is 146 Å². The molecule has 1 aliphatic carbocycles. The highest BCUT2D eigenvalue weighted by Gasteiger charge is 2.37. The minimum Gasteiger partial charge on any atom is -0.292 e. The van der Waals surface area contributed by atoms with Gasteiger partial charge in [0.15, 0.2) is 11.6 Å². The molecule has 0 atom stereocenters. The summed E-state index contributed by atoms with van der Waals surface area (Å²) in [5.41, 5.74) is 9.49. The molecule has 0 amide bonds. The topological polar surface area (TPSA) is 30.7 Å². The van der Waals surface area contributed by atoms with E-state index in [9.17, 15) is 0 Å². The van der Waals surface area contributed by atoms with E-state index in [0.29, 0.717) is 0 Å². The van der Waals surface area contributed by atoms with E-state index in [-0.39, 0.29) is 5.41 Å². The van der Waals surface area contributed by atoms with Crippen LogP contribution in [0.2, 0.25) is 0 Å². The van der Waals surface area contributed by atoms with Gasteiger partial charge in [-0.2, -0.15) is 0 Å². The number of para-hydroxylation sites is 1. The van der Waals surface area contributed by atoms with Crippen LogP contribution in [0.4, 0.5) is 0 Å². The molecule has 3 heterocycles. The van der Waals surface area contributed by atoms with Crippen molar-refractivity contribution in [3.05, 3.63) is 139 Å². The Bertz CT molecular complexity index is 2690. The van der Waals surface area contributed by atoms with Gasteiger partial charge < -0.3 is 0 Å². The maximum atomic E-state index is 5.55. The van der Waals surface area contributed by atoms with E-state index in [4.69, 9.17) is 9.97 Å². The quantitative estimate of drug-likeness (QED) is 0.200. The van der Waals surface area contributed by atoms with Crippen molar-refractivity contribution < 1.29 is 0 Å². The largest absolute Gasteiger partial charge is 0.292 e. The Kier molecular flexibility index (Phi) is 4.94. The van der Waals surface area contributed by atoms with Gasteiger partial charge in [0, 0.05) is 31.8 Å². The summed E-state index contributed by atoms with van der Waals surface area (Å²) in [5.74, 6) is 1.69. The average molecular weight is 594 g/mol. The normalized spacial score (nSPS) is 13.7. The zero-order chi connectivity index (χ0) is 29.9. The molecule has 3 nitrogen and oxygen atoms in total. The van der Waals surface area contributed by atoms with Gasteiger partial charge in [0.25, 0.3) is 0 Å². The molecule has 6 aromatic carbocycles. The molecule has 212 valence electrons. The van der Waals surface area contributed by atoms with Crippen molar-refractivity contribution in [3.63, 3.8) is 0 Å². The van der Waals surface area contributed by atoms with Gasteiger partial charge >= 0.3 is 0 Å². The number of hydrogen-bond acceptors (Lipinski definition) is 3. The Morgan fingerprint density at radius 1 is 0.578 bits per heavy atom. The van der Waals surface area contributed by atoms with Crippen LogP contribution in [0.3, 0.4) is 0 Å². The molecular formula is C41H27N3S. The summed E-state index contributed by atoms with van der Waals surface area (Å²) >= 11 is 1.78. The smallest absolute Gasteiger partial charge is 0.162 e. The van der Waals surface area contributed by atoms with E-state index >= 15 is 0 Å². The molecule has 0 fully saturated rings. The Labute approximate surface area is 264 Å². The lowest BCUT2D eigenvalue weighted by Gasteiger charge is -2.21. The van der Waals surface area contributed by atoms with Gasteiger partial charge in [-0.15, -0.1) is 11.3 Å². The highest BCUT2D eigenvalue weighted by molar-refractivity contribution is 7.26. The first-order valence-electron chi connectivity index (χ1n) is 15.4. The highest BCUT2D eigenvalue weighted by atomic mass is 32.1. The molecule has 0 radical (unpaired) electrons. The Balaban J connectivity index is 1.37. The molecule has 9 aromatic rings. The van der Waals surface area contributed by atoms with E-state index < -0.39 is 0 Å². The molecule has 0 bridgehead atoms. The Morgan fingerprint density at radius 3 is 2.16 bits per heavy atom. The van der Waals surface area contributed by atoms with Gasteiger partial charge in [0.05, 0.1) is 21.3 Å². The van der Waals surface area contributed by atoms with Crippen LogP contribution < -0.4 is 0 Å². The van der Waals surface area contributed by atoms with Gasteiger partial charge in [0.1, 0.15) is 0 Å². The summed E-state index contributed by atoms with van der Waals surface area (Å²) in [6, 6.07) is 46.1. The third kappa shape index (κ3) is 3.35. The Morgan fingerprint density at radius 2 is 1.27 bits per heavy atom. The number of fused-ring (bicyclic) bond motifs is 10. The second-order valence-corrected chi connectivity index (χ2v) is 13.7. The van der Waals surface area contributed by atoms with Crippen LogP contribution in [0.5, 0.6) is 0 Å². The van der Waals surface area contributed by atoms with Crippen LogP contribution in [0.15, 0.2) is 127 Å². The lowest BCUT2D eigenvalue weighted by Crippen LogP contribution is -2.14. The summed E-state index contributed by atoms with van der Waals surface area (Å²) in [7, 11) is 0. The molecule has 0 saturated carbocycles. The predicted molar refractivity (Wildman–Crippen MR) is 190 cm³/mol. The van der Waals surface area contributed by atoms with Gasteiger partial charge in [-0.1, -0.05) is 117 Å². The van der Waals surface area contributed by atoms with E-state index in [0.717, 1.165) is 38.5 Å². The van der Waals surface area contributed by atoms with Gasteiger partial charge in [0.2, 0.25) is 0 Å². The summed E-state index contributed by atoms with van der Waals surface area (Å²) in [4.78, 5) is 10.9. The first-order valence-corrected chi connectivity index (χ1v) is 16.2. The predicted octanol–water partition coefficient (Wildman–Crippen LogP) is 11.1. The molecule has 4 heteroatoms. The molecule has 3 aromatic heterocycles. The summed E-state index contributed by atoms with van der Waals surface area (Å²) < 4.78 is 4.70. The van der Waals surface area contributed by atoms with Crippen LogP contribution in [0.25, 0.3) is 81.2 Å². The van der Waals surface area contributed by atoms with E-state index in [1.807, 2.05) is 0 Å². The fraction of sp³-hybridized carbons (Fsp3) is 0.0732. The molecule has 10 rings (SSSR count). The zero-order valence-corrected chi connectivity index (χ0v) is 25.7. The van der Waals surface area contributed by atoms with Crippen molar-refractivity contribution in [2.75, 3.05) is 0 Å². The lowest BCUT2D eigenvalue weighted by atomic mass is 9.82. The summed E-state index contributed by atoms with van der Waals surface area (Å²) in [6.45, 7) is 4.65. The van der Waals surface area contributed by atoms with Crippen LogP contribution in [-0.2, 0) is 5.41 Å². The zero-order valence-electron chi connectivity index (χ0n) is 24.9. The Hall–Kier alpha value is -5.32. The number of thiophene rings is 1. The van der Waals surface area contributed by atoms with E-state index in [1.165, 1.54) is 53.9 Å². The summed E-state index contributed by atoms with van der Waals surface area (Å²) in [5, 5.41) is 6.08. The molecule has 1 aliphatic rings. The molecular weight excluding hydrogens is 567 g/mol. The highest BCUT2D eigenvalue weighted by Crippen LogP contribution is 2.52. The third-order valence-corrected chi connectivity index (χ3v) is 11.0. The van der Waals surface area contributed by atoms with Crippen molar-refractivity contribution >= 4 is 64.2 Å². The molecule has 0 N–H and O–H groups in total. The maximum Gasteiger partial charge on any atom is 0.162 e. The van der Waals surface area contributed by atoms with Crippen LogP contribution in [0.1, 0.15) is 25.0 Å². The van der Waals surface area contributed by atoms with Crippen LogP contribution in [0, 0.1) is 0 Å². The number of rotatable bonds is 2. The third-order valence-electron chi connectivity index (χ3n) is 9.80. The molecule has 0 spiro atoms. The lowest BCUT2D eigenvalue weighted by molar-refractivity contribution is 0.660. The molecule has 0 saturated heterocycles. The SMILES string of the molecule is CC1(C)c2ccccc2-c2c(-c3nc(-n4c5ccccc5c5cc6ccccc6cc54)c4sc5ccccc5c4n3)cccc21. The van der Waals surface area contributed by atoms with Crippen molar-refractivity contribution in [3.8, 4) is 28.3 Å². The first-order chi connectivity index (χ1) is 22.1. The van der Waals surface area contributed by atoms with Crippen LogP contribution >= 0.6 is 11.3 Å². The van der Waals surface area contributed by atoms with Crippen molar-refractivity contribution in [1.29, 1.82) is 0 Å². The monoisotopic (exact) mass is 593 g/mol. The maximum absolute atomic E-state index is 5.55. The average Bonchev–Trinajstić information content (AvgIpc) is 3.69. The van der Waals surface area contributed by atoms with Gasteiger partial charge in [-0.25, -0.2) is 9.97 Å². The number of aromatic nitrogens is 3. The molecule has 0 aliphatic heterocycles. The van der Waals surface area contributed by atoms with Crippen molar-refractivity contribution in [2.45, 2.75) is 19.3 Å². The number of benzene rings is 6. The van der Waals surface area contributed by atoms with Gasteiger partial charge in [-0.3, -0.25) is 4.57 Å². The summed E-state index contributed by atoms with van der Waals surface area (Å²) in [6.07, 6.45) is 0. The van der Waals surface area contributed by atoms with E-state index in [1.54, 1.807) is 11.3 Å². The molecule has 45 heavy (non-hydrogen) atoms. The minimum atomic E-state index is -0.0994. The van der Waals surface area contributed by atoms with Crippen molar-refractivity contribution in [2.24, 2.45) is 0 Å².